The van der Waals surface area contributed by atoms with Crippen molar-refractivity contribution in [3.05, 3.63) is 30.1 Å². The molecule has 1 amide bonds. The van der Waals surface area contributed by atoms with Crippen LogP contribution in [0.5, 0.6) is 0 Å². The van der Waals surface area contributed by atoms with Crippen LogP contribution in [-0.4, -0.2) is 59.0 Å². The Morgan fingerprint density at radius 1 is 1.24 bits per heavy atom. The van der Waals surface area contributed by atoms with Gasteiger partial charge in [0.1, 0.15) is 0 Å². The van der Waals surface area contributed by atoms with Gasteiger partial charge >= 0.3 is 0 Å². The van der Waals surface area contributed by atoms with Gasteiger partial charge in [-0.15, -0.1) is 0 Å². The maximum Gasteiger partial charge on any atom is 0.223 e. The number of amides is 1. The number of piperidine rings is 2. The third-order valence-electron chi connectivity index (χ3n) is 6.14. The lowest BCUT2D eigenvalue weighted by molar-refractivity contribution is -0.134. The molecule has 0 N–H and O–H groups in total. The van der Waals surface area contributed by atoms with E-state index in [0.29, 0.717) is 18.9 Å². The van der Waals surface area contributed by atoms with E-state index in [1.807, 2.05) is 23.2 Å². The summed E-state index contributed by atoms with van der Waals surface area (Å²) in [6.07, 6.45) is 10.6. The molecule has 1 aromatic rings. The van der Waals surface area contributed by atoms with E-state index >= 15 is 0 Å². The van der Waals surface area contributed by atoms with Crippen molar-refractivity contribution in [1.29, 1.82) is 0 Å². The van der Waals surface area contributed by atoms with Crippen LogP contribution in [0.3, 0.4) is 0 Å². The molecule has 3 fully saturated rings. The van der Waals surface area contributed by atoms with Gasteiger partial charge < -0.3 is 9.64 Å². The zero-order chi connectivity index (χ0) is 17.1. The van der Waals surface area contributed by atoms with Crippen molar-refractivity contribution >= 4 is 5.91 Å². The fourth-order valence-electron chi connectivity index (χ4n) is 4.67. The van der Waals surface area contributed by atoms with E-state index in [4.69, 9.17) is 4.74 Å². The third kappa shape index (κ3) is 4.21. The van der Waals surface area contributed by atoms with Gasteiger partial charge in [0, 0.05) is 51.0 Å². The summed E-state index contributed by atoms with van der Waals surface area (Å²) in [6.45, 7) is 4.47. The van der Waals surface area contributed by atoms with Gasteiger partial charge in [-0.1, -0.05) is 6.07 Å². The fraction of sp³-hybridized carbons (Fsp3) is 0.700. The Morgan fingerprint density at radius 3 is 2.80 bits per heavy atom. The number of ether oxygens (including phenoxy) is 1. The van der Waals surface area contributed by atoms with Crippen molar-refractivity contribution in [1.82, 2.24) is 14.8 Å². The van der Waals surface area contributed by atoms with Crippen LogP contribution in [0.25, 0.3) is 0 Å². The van der Waals surface area contributed by atoms with Crippen LogP contribution in [-0.2, 0) is 16.1 Å². The lowest BCUT2D eigenvalue weighted by Gasteiger charge is -2.33. The molecule has 5 nitrogen and oxygen atoms in total. The first kappa shape index (κ1) is 17.0. The standard InChI is InChI=1S/C20H29N3O2/c24-20(7-11-23-14-16-3-4-18(23)12-16)22-9-5-19(6-10-22)25-15-17-2-1-8-21-13-17/h1-2,8,13,16,18-19H,3-7,9-12,14-15H2/t16-,18+/m0/s1. The third-order valence-corrected chi connectivity index (χ3v) is 6.14. The van der Waals surface area contributed by atoms with Gasteiger partial charge in [-0.05, 0) is 49.7 Å². The van der Waals surface area contributed by atoms with Crippen molar-refractivity contribution in [2.45, 2.75) is 57.3 Å². The topological polar surface area (TPSA) is 45.7 Å². The molecule has 1 aliphatic carbocycles. The summed E-state index contributed by atoms with van der Waals surface area (Å²) < 4.78 is 5.99. The number of hydrogen-bond donors (Lipinski definition) is 0. The Kier molecular flexibility index (Phi) is 5.32. The van der Waals surface area contributed by atoms with Gasteiger partial charge in [-0.2, -0.15) is 0 Å². The normalized spacial score (nSPS) is 27.1. The van der Waals surface area contributed by atoms with Crippen LogP contribution in [0.1, 0.15) is 44.1 Å². The first-order valence-electron chi connectivity index (χ1n) is 9.80. The molecule has 4 rings (SSSR count). The summed E-state index contributed by atoms with van der Waals surface area (Å²) in [5.41, 5.74) is 1.11. The molecule has 2 bridgehead atoms. The van der Waals surface area contributed by atoms with Crippen molar-refractivity contribution < 1.29 is 9.53 Å². The second-order valence-corrected chi connectivity index (χ2v) is 7.83. The quantitative estimate of drug-likeness (QED) is 0.796. The lowest BCUT2D eigenvalue weighted by Crippen LogP contribution is -2.42. The number of pyridine rings is 1. The Labute approximate surface area is 150 Å². The molecular weight excluding hydrogens is 314 g/mol. The number of likely N-dealkylation sites (tertiary alicyclic amines) is 2. The highest BCUT2D eigenvalue weighted by atomic mass is 16.5. The summed E-state index contributed by atoms with van der Waals surface area (Å²) in [5, 5.41) is 0. The lowest BCUT2D eigenvalue weighted by atomic mass is 10.1. The van der Waals surface area contributed by atoms with Gasteiger partial charge in [0.05, 0.1) is 12.7 Å². The average molecular weight is 343 g/mol. The molecule has 0 spiro atoms. The van der Waals surface area contributed by atoms with Crippen LogP contribution in [0.4, 0.5) is 0 Å². The van der Waals surface area contributed by atoms with Gasteiger partial charge in [0.15, 0.2) is 0 Å². The maximum atomic E-state index is 12.5. The molecule has 1 aromatic heterocycles. The Hall–Kier alpha value is -1.46. The number of hydrogen-bond acceptors (Lipinski definition) is 4. The van der Waals surface area contributed by atoms with E-state index in [9.17, 15) is 4.79 Å². The van der Waals surface area contributed by atoms with E-state index in [0.717, 1.165) is 50.0 Å². The predicted molar refractivity (Wildman–Crippen MR) is 95.9 cm³/mol. The predicted octanol–water partition coefficient (Wildman–Crippen LogP) is 2.46. The largest absolute Gasteiger partial charge is 0.373 e. The number of carbonyl (C=O) groups excluding carboxylic acids is 1. The highest BCUT2D eigenvalue weighted by Gasteiger charge is 2.37. The van der Waals surface area contributed by atoms with Gasteiger partial charge in [0.2, 0.25) is 5.91 Å². The van der Waals surface area contributed by atoms with Crippen LogP contribution >= 0.6 is 0 Å². The molecular formula is C20H29N3O2. The van der Waals surface area contributed by atoms with Crippen LogP contribution in [0.2, 0.25) is 0 Å². The van der Waals surface area contributed by atoms with Gasteiger partial charge in [0.25, 0.3) is 0 Å². The Balaban J connectivity index is 1.15. The second kappa shape index (κ2) is 7.83. The van der Waals surface area contributed by atoms with Crippen LogP contribution < -0.4 is 0 Å². The van der Waals surface area contributed by atoms with Crippen LogP contribution in [0.15, 0.2) is 24.5 Å². The van der Waals surface area contributed by atoms with Gasteiger partial charge in [-0.25, -0.2) is 0 Å². The van der Waals surface area contributed by atoms with Gasteiger partial charge in [-0.3, -0.25) is 14.7 Å². The number of carbonyl (C=O) groups is 1. The maximum absolute atomic E-state index is 12.5. The highest BCUT2D eigenvalue weighted by Crippen LogP contribution is 2.37. The smallest absolute Gasteiger partial charge is 0.223 e. The highest BCUT2D eigenvalue weighted by molar-refractivity contribution is 5.76. The van der Waals surface area contributed by atoms with Crippen molar-refractivity contribution in [3.8, 4) is 0 Å². The molecule has 3 heterocycles. The average Bonchev–Trinajstić information content (AvgIpc) is 3.29. The number of aromatic nitrogens is 1. The minimum atomic E-state index is 0.263. The summed E-state index contributed by atoms with van der Waals surface area (Å²) in [5.74, 6) is 1.24. The summed E-state index contributed by atoms with van der Waals surface area (Å²) >= 11 is 0. The molecule has 2 aliphatic heterocycles. The molecule has 5 heteroatoms. The molecule has 25 heavy (non-hydrogen) atoms. The minimum absolute atomic E-state index is 0.263. The summed E-state index contributed by atoms with van der Waals surface area (Å²) in [7, 11) is 0. The first-order chi connectivity index (χ1) is 12.3. The van der Waals surface area contributed by atoms with E-state index in [1.165, 1.54) is 25.8 Å². The first-order valence-corrected chi connectivity index (χ1v) is 9.80. The van der Waals surface area contributed by atoms with E-state index in [-0.39, 0.29) is 6.10 Å². The van der Waals surface area contributed by atoms with E-state index < -0.39 is 0 Å². The fourth-order valence-corrected chi connectivity index (χ4v) is 4.67. The van der Waals surface area contributed by atoms with Crippen molar-refractivity contribution in [2.24, 2.45) is 5.92 Å². The summed E-state index contributed by atoms with van der Waals surface area (Å²) in [6, 6.07) is 4.74. The molecule has 2 saturated heterocycles. The van der Waals surface area contributed by atoms with Crippen molar-refractivity contribution in [3.63, 3.8) is 0 Å². The zero-order valence-electron chi connectivity index (χ0n) is 15.0. The number of rotatable bonds is 6. The van der Waals surface area contributed by atoms with E-state index in [1.54, 1.807) is 6.20 Å². The number of nitrogens with zero attached hydrogens (tertiary/aromatic N) is 3. The second-order valence-electron chi connectivity index (χ2n) is 7.83. The van der Waals surface area contributed by atoms with Crippen molar-refractivity contribution in [2.75, 3.05) is 26.2 Å². The summed E-state index contributed by atoms with van der Waals surface area (Å²) in [4.78, 5) is 21.2. The monoisotopic (exact) mass is 343 g/mol. The molecule has 2 atom stereocenters. The molecule has 0 unspecified atom stereocenters. The molecule has 1 saturated carbocycles. The molecule has 3 aliphatic rings. The van der Waals surface area contributed by atoms with Crippen LogP contribution in [0, 0.1) is 5.92 Å². The molecule has 0 radical (unpaired) electrons. The molecule has 136 valence electrons. The zero-order valence-corrected chi connectivity index (χ0v) is 15.0. The minimum Gasteiger partial charge on any atom is -0.373 e. The van der Waals surface area contributed by atoms with E-state index in [2.05, 4.69) is 9.88 Å². The SMILES string of the molecule is O=C(CCN1C[C@H]2CC[C@@H]1C2)N1CCC(OCc2cccnc2)CC1. The Morgan fingerprint density at radius 2 is 2.12 bits per heavy atom. The Bertz CT molecular complexity index is 572. The number of fused-ring (bicyclic) bond motifs is 2. The molecule has 0 aromatic carbocycles.